The van der Waals surface area contributed by atoms with E-state index >= 15 is 0 Å². The molecule has 0 radical (unpaired) electrons. The number of para-hydroxylation sites is 1. The Morgan fingerprint density at radius 3 is 2.06 bits per heavy atom. The number of ether oxygens (including phenoxy) is 1. The first-order valence-corrected chi connectivity index (χ1v) is 11.8. The predicted molar refractivity (Wildman–Crippen MR) is 137 cm³/mol. The number of carboxylic acids is 3. The summed E-state index contributed by atoms with van der Waals surface area (Å²) in [6, 6.07) is 16.0. The molecule has 3 aromatic rings. The number of carbonyl (C=O) groups is 3. The molecule has 2 aromatic carbocycles. The third-order valence-corrected chi connectivity index (χ3v) is 5.87. The van der Waals surface area contributed by atoms with Crippen LogP contribution in [0.3, 0.4) is 0 Å². The van der Waals surface area contributed by atoms with E-state index in [1.54, 1.807) is 24.3 Å². The first-order valence-electron chi connectivity index (χ1n) is 11.8. The smallest absolute Gasteiger partial charge is 0.358 e. The standard InChI is InChI=1S/C11H9NO3.C10H12O2.C7H12O2/c1-15-9-6-7-4-2-3-5-8(7)12-10(9)11(13)14;1-7(2)8-3-5-9(6-4-8)10(11)12;8-7(9)5-6-3-1-2-4-6/h2-6H,1H3,(H,13,14);3-7H,1-2H3,(H,11,12);6H,1-5H2,(H,8,9). The number of fused-ring (bicyclic) bond motifs is 1. The molecule has 0 atom stereocenters. The molecule has 1 aliphatic carbocycles. The highest BCUT2D eigenvalue weighted by Crippen LogP contribution is 2.27. The van der Waals surface area contributed by atoms with Crippen LogP contribution in [-0.2, 0) is 4.79 Å². The number of aromatic nitrogens is 1. The highest BCUT2D eigenvalue weighted by atomic mass is 16.5. The highest BCUT2D eigenvalue weighted by Gasteiger charge is 2.17. The molecule has 1 heterocycles. The Morgan fingerprint density at radius 2 is 1.56 bits per heavy atom. The van der Waals surface area contributed by atoms with Crippen LogP contribution in [0.15, 0.2) is 54.6 Å². The Labute approximate surface area is 210 Å². The van der Waals surface area contributed by atoms with E-state index in [-0.39, 0.29) is 11.4 Å². The second-order valence-corrected chi connectivity index (χ2v) is 8.87. The van der Waals surface area contributed by atoms with Gasteiger partial charge < -0.3 is 20.1 Å². The fraction of sp³-hybridized carbons (Fsp3) is 0.357. The number of carboxylic acid groups (broad SMARTS) is 3. The minimum Gasteiger partial charge on any atom is -0.494 e. The predicted octanol–water partition coefficient (Wildman–Crippen LogP) is 6.10. The molecule has 4 rings (SSSR count). The molecule has 1 fully saturated rings. The van der Waals surface area contributed by atoms with Gasteiger partial charge in [0, 0.05) is 11.8 Å². The van der Waals surface area contributed by atoms with Crippen molar-refractivity contribution in [3.8, 4) is 5.75 Å². The molecule has 192 valence electrons. The highest BCUT2D eigenvalue weighted by molar-refractivity contribution is 5.93. The third-order valence-electron chi connectivity index (χ3n) is 5.87. The van der Waals surface area contributed by atoms with Crippen LogP contribution < -0.4 is 4.74 Å². The summed E-state index contributed by atoms with van der Waals surface area (Å²) in [5, 5.41) is 26.8. The van der Waals surface area contributed by atoms with Crippen LogP contribution in [0.4, 0.5) is 0 Å². The summed E-state index contributed by atoms with van der Waals surface area (Å²) in [5.74, 6) is -1.37. The minimum atomic E-state index is -1.09. The molecule has 8 heteroatoms. The lowest BCUT2D eigenvalue weighted by Crippen LogP contribution is -2.03. The Bertz CT molecular complexity index is 1170. The van der Waals surface area contributed by atoms with Gasteiger partial charge in [0.15, 0.2) is 11.4 Å². The van der Waals surface area contributed by atoms with Gasteiger partial charge in [-0.1, -0.05) is 57.0 Å². The van der Waals surface area contributed by atoms with Gasteiger partial charge in [-0.2, -0.15) is 0 Å². The fourth-order valence-electron chi connectivity index (χ4n) is 3.88. The molecule has 8 nitrogen and oxygen atoms in total. The lowest BCUT2D eigenvalue weighted by molar-refractivity contribution is -0.138. The maximum Gasteiger partial charge on any atom is 0.358 e. The van der Waals surface area contributed by atoms with Crippen LogP contribution in [0.5, 0.6) is 5.75 Å². The van der Waals surface area contributed by atoms with E-state index in [2.05, 4.69) is 18.8 Å². The van der Waals surface area contributed by atoms with E-state index in [4.69, 9.17) is 20.1 Å². The number of rotatable bonds is 6. The summed E-state index contributed by atoms with van der Waals surface area (Å²) in [5.41, 5.74) is 2.10. The van der Waals surface area contributed by atoms with Crippen molar-refractivity contribution in [1.82, 2.24) is 4.98 Å². The number of pyridine rings is 1. The normalized spacial score (nSPS) is 12.8. The van der Waals surface area contributed by atoms with Crippen molar-refractivity contribution in [2.24, 2.45) is 5.92 Å². The van der Waals surface area contributed by atoms with Crippen LogP contribution in [0.2, 0.25) is 0 Å². The van der Waals surface area contributed by atoms with E-state index in [9.17, 15) is 14.4 Å². The van der Waals surface area contributed by atoms with Crippen molar-refractivity contribution < 1.29 is 34.4 Å². The summed E-state index contributed by atoms with van der Waals surface area (Å²) < 4.78 is 4.97. The van der Waals surface area contributed by atoms with Gasteiger partial charge in [-0.15, -0.1) is 0 Å². The maximum absolute atomic E-state index is 10.9. The number of hydrogen-bond acceptors (Lipinski definition) is 5. The van der Waals surface area contributed by atoms with E-state index in [0.717, 1.165) is 18.2 Å². The summed E-state index contributed by atoms with van der Waals surface area (Å²) in [4.78, 5) is 35.5. The van der Waals surface area contributed by atoms with Gasteiger partial charge in [-0.25, -0.2) is 14.6 Å². The van der Waals surface area contributed by atoms with Crippen molar-refractivity contribution in [3.05, 3.63) is 71.4 Å². The molecule has 1 aliphatic rings. The Morgan fingerprint density at radius 1 is 0.944 bits per heavy atom. The molecule has 0 amide bonds. The summed E-state index contributed by atoms with van der Waals surface area (Å²) in [7, 11) is 1.43. The van der Waals surface area contributed by atoms with Gasteiger partial charge in [-0.3, -0.25) is 4.79 Å². The van der Waals surface area contributed by atoms with Crippen LogP contribution in [0.1, 0.15) is 78.3 Å². The molecule has 1 saturated carbocycles. The topological polar surface area (TPSA) is 134 Å². The maximum atomic E-state index is 10.9. The van der Waals surface area contributed by atoms with Crippen molar-refractivity contribution in [2.45, 2.75) is 51.9 Å². The third kappa shape index (κ3) is 8.69. The fourth-order valence-corrected chi connectivity index (χ4v) is 3.88. The van der Waals surface area contributed by atoms with Crippen LogP contribution in [0, 0.1) is 5.92 Å². The lowest BCUT2D eigenvalue weighted by atomic mass is 10.0. The number of hydrogen-bond donors (Lipinski definition) is 3. The van der Waals surface area contributed by atoms with Crippen LogP contribution >= 0.6 is 0 Å². The second kappa shape index (κ2) is 13.8. The monoisotopic (exact) mass is 495 g/mol. The average molecular weight is 496 g/mol. The van der Waals surface area contributed by atoms with Crippen LogP contribution in [-0.4, -0.2) is 45.3 Å². The van der Waals surface area contributed by atoms with Gasteiger partial charge in [-0.05, 0) is 54.5 Å². The molecule has 0 bridgehead atoms. The number of aromatic carboxylic acids is 2. The first-order chi connectivity index (χ1) is 17.1. The number of benzene rings is 2. The first kappa shape index (κ1) is 28.3. The Balaban J connectivity index is 0.000000197. The van der Waals surface area contributed by atoms with Gasteiger partial charge in [0.25, 0.3) is 0 Å². The van der Waals surface area contributed by atoms with Crippen molar-refractivity contribution in [1.29, 1.82) is 0 Å². The zero-order chi connectivity index (χ0) is 26.7. The lowest BCUT2D eigenvalue weighted by Gasteiger charge is -2.05. The van der Waals surface area contributed by atoms with Crippen LogP contribution in [0.25, 0.3) is 10.9 Å². The Hall–Kier alpha value is -3.94. The van der Waals surface area contributed by atoms with E-state index in [0.29, 0.717) is 29.3 Å². The molecule has 0 saturated heterocycles. The van der Waals surface area contributed by atoms with Gasteiger partial charge in [0.05, 0.1) is 18.2 Å². The molecule has 36 heavy (non-hydrogen) atoms. The van der Waals surface area contributed by atoms with Crippen molar-refractivity contribution in [2.75, 3.05) is 7.11 Å². The molecule has 0 spiro atoms. The average Bonchev–Trinajstić information content (AvgIpc) is 3.36. The summed E-state index contributed by atoms with van der Waals surface area (Å²) >= 11 is 0. The molecular formula is C28H33NO7. The SMILES string of the molecule is CC(C)c1ccc(C(=O)O)cc1.COc1cc2ccccc2nc1C(=O)O.O=C(O)CC1CCCC1. The second-order valence-electron chi connectivity index (χ2n) is 8.87. The summed E-state index contributed by atoms with van der Waals surface area (Å²) in [6.45, 7) is 4.16. The largest absolute Gasteiger partial charge is 0.494 e. The summed E-state index contributed by atoms with van der Waals surface area (Å²) in [6.07, 6.45) is 5.12. The zero-order valence-electron chi connectivity index (χ0n) is 20.8. The minimum absolute atomic E-state index is 0.0591. The molecule has 1 aromatic heterocycles. The molecular weight excluding hydrogens is 462 g/mol. The van der Waals surface area contributed by atoms with Crippen molar-refractivity contribution in [3.63, 3.8) is 0 Å². The van der Waals surface area contributed by atoms with E-state index < -0.39 is 17.9 Å². The Kier molecular flexibility index (Phi) is 10.9. The zero-order valence-corrected chi connectivity index (χ0v) is 20.8. The van der Waals surface area contributed by atoms with Gasteiger partial charge >= 0.3 is 17.9 Å². The number of nitrogens with zero attached hydrogens (tertiary/aromatic N) is 1. The molecule has 0 unspecified atom stereocenters. The van der Waals surface area contributed by atoms with Gasteiger partial charge in [0.2, 0.25) is 0 Å². The number of methoxy groups -OCH3 is 1. The van der Waals surface area contributed by atoms with Gasteiger partial charge in [0.1, 0.15) is 0 Å². The van der Waals surface area contributed by atoms with E-state index in [1.807, 2.05) is 30.3 Å². The number of aliphatic carboxylic acids is 1. The molecule has 3 N–H and O–H groups in total. The van der Waals surface area contributed by atoms with E-state index in [1.165, 1.54) is 25.5 Å². The van der Waals surface area contributed by atoms with Crippen molar-refractivity contribution >= 4 is 28.8 Å². The quantitative estimate of drug-likeness (QED) is 0.373. The molecule has 0 aliphatic heterocycles.